The zero-order valence-electron chi connectivity index (χ0n) is 14.4. The van der Waals surface area contributed by atoms with Crippen LogP contribution in [-0.4, -0.2) is 68.4 Å². The molecule has 0 amide bonds. The highest BCUT2D eigenvalue weighted by Crippen LogP contribution is 2.40. The normalized spacial score (nSPS) is 30.6. The van der Waals surface area contributed by atoms with Crippen molar-refractivity contribution in [2.24, 2.45) is 11.8 Å². The Kier molecular flexibility index (Phi) is 4.59. The van der Waals surface area contributed by atoms with Gasteiger partial charge in [0, 0.05) is 32.3 Å². The van der Waals surface area contributed by atoms with E-state index in [0.717, 1.165) is 31.7 Å². The van der Waals surface area contributed by atoms with E-state index in [1.165, 1.54) is 0 Å². The van der Waals surface area contributed by atoms with Crippen molar-refractivity contribution in [3.8, 4) is 5.88 Å². The molecule has 1 saturated heterocycles. The van der Waals surface area contributed by atoms with Crippen LogP contribution in [-0.2, 0) is 4.74 Å². The van der Waals surface area contributed by atoms with Crippen LogP contribution in [0.4, 0.5) is 11.8 Å². The van der Waals surface area contributed by atoms with Crippen LogP contribution in [0.5, 0.6) is 5.88 Å². The van der Waals surface area contributed by atoms with Crippen molar-refractivity contribution in [1.82, 2.24) is 14.9 Å². The number of aromatic nitrogens is 2. The van der Waals surface area contributed by atoms with Gasteiger partial charge < -0.3 is 25.0 Å². The quantitative estimate of drug-likeness (QED) is 0.881. The molecule has 128 valence electrons. The Morgan fingerprint density at radius 3 is 2.48 bits per heavy atom. The van der Waals surface area contributed by atoms with E-state index in [-0.39, 0.29) is 5.95 Å². The maximum absolute atomic E-state index is 5.80. The minimum Gasteiger partial charge on any atom is -0.481 e. The van der Waals surface area contributed by atoms with E-state index in [9.17, 15) is 0 Å². The van der Waals surface area contributed by atoms with Crippen molar-refractivity contribution in [3.63, 3.8) is 0 Å². The molecule has 0 aromatic carbocycles. The number of likely N-dealkylation sites (N-methyl/N-ethyl adjacent to an activating group) is 1. The van der Waals surface area contributed by atoms with Crippen LogP contribution < -0.4 is 15.4 Å². The van der Waals surface area contributed by atoms with Crippen LogP contribution in [0.3, 0.4) is 0 Å². The van der Waals surface area contributed by atoms with Gasteiger partial charge in [-0.2, -0.15) is 9.97 Å². The molecule has 4 atom stereocenters. The largest absolute Gasteiger partial charge is 0.481 e. The van der Waals surface area contributed by atoms with Gasteiger partial charge in [-0.05, 0) is 38.8 Å². The van der Waals surface area contributed by atoms with Gasteiger partial charge in [-0.1, -0.05) is 0 Å². The SMILES string of the molecule is COc1cc(N2C[C@H]3C[C@@H](N(C)C)[C@H](OC)C[C@H]3C2)nc(N)n1. The lowest BCUT2D eigenvalue weighted by molar-refractivity contribution is -0.0209. The Labute approximate surface area is 137 Å². The van der Waals surface area contributed by atoms with Crippen LogP contribution in [0.15, 0.2) is 6.07 Å². The molecular formula is C16H27N5O2. The lowest BCUT2D eigenvalue weighted by atomic mass is 9.77. The number of hydrogen-bond acceptors (Lipinski definition) is 7. The standard InChI is InChI=1S/C16H27N5O2/c1-20(2)12-5-10-8-21(9-11(10)6-13(12)22-3)14-7-15(23-4)19-16(17)18-14/h7,10-13H,5-6,8-9H2,1-4H3,(H2,17,18,19)/t10-,11+,12-,13-/m1/s1. The fourth-order valence-electron chi connectivity index (χ4n) is 4.07. The Bertz CT molecular complexity index is 553. The summed E-state index contributed by atoms with van der Waals surface area (Å²) in [5.41, 5.74) is 5.80. The predicted octanol–water partition coefficient (Wildman–Crippen LogP) is 0.859. The van der Waals surface area contributed by atoms with Crippen molar-refractivity contribution in [3.05, 3.63) is 6.07 Å². The van der Waals surface area contributed by atoms with Gasteiger partial charge in [0.2, 0.25) is 11.8 Å². The molecule has 1 aliphatic carbocycles. The van der Waals surface area contributed by atoms with Crippen molar-refractivity contribution in [2.45, 2.75) is 25.0 Å². The average molecular weight is 321 g/mol. The molecule has 2 aliphatic rings. The Hall–Kier alpha value is -1.60. The fraction of sp³-hybridized carbons (Fsp3) is 0.750. The van der Waals surface area contributed by atoms with Gasteiger partial charge in [0.1, 0.15) is 5.82 Å². The van der Waals surface area contributed by atoms with Gasteiger partial charge in [-0.3, -0.25) is 0 Å². The molecule has 1 aromatic rings. The molecule has 2 heterocycles. The third-order valence-corrected chi connectivity index (χ3v) is 5.29. The van der Waals surface area contributed by atoms with E-state index >= 15 is 0 Å². The molecule has 7 nitrogen and oxygen atoms in total. The van der Waals surface area contributed by atoms with Crippen LogP contribution in [0, 0.1) is 11.8 Å². The Balaban J connectivity index is 1.76. The number of anilines is 2. The summed E-state index contributed by atoms with van der Waals surface area (Å²) < 4.78 is 11.0. The van der Waals surface area contributed by atoms with Crippen molar-refractivity contribution >= 4 is 11.8 Å². The second-order valence-corrected chi connectivity index (χ2v) is 6.83. The number of ether oxygens (including phenoxy) is 2. The summed E-state index contributed by atoms with van der Waals surface area (Å²) in [6.45, 7) is 2.00. The van der Waals surface area contributed by atoms with Crippen LogP contribution >= 0.6 is 0 Å². The average Bonchev–Trinajstić information content (AvgIpc) is 2.95. The Morgan fingerprint density at radius 2 is 1.87 bits per heavy atom. The third-order valence-electron chi connectivity index (χ3n) is 5.29. The minimum absolute atomic E-state index is 0.259. The number of nitrogens with two attached hydrogens (primary N) is 1. The number of nitrogens with zero attached hydrogens (tertiary/aromatic N) is 4. The fourth-order valence-corrected chi connectivity index (χ4v) is 4.07. The van der Waals surface area contributed by atoms with Gasteiger partial charge in [-0.25, -0.2) is 0 Å². The molecule has 1 saturated carbocycles. The first kappa shape index (κ1) is 16.3. The number of fused-ring (bicyclic) bond motifs is 1. The number of rotatable bonds is 4. The van der Waals surface area contributed by atoms with Gasteiger partial charge in [0.15, 0.2) is 0 Å². The molecule has 7 heteroatoms. The molecule has 1 aliphatic heterocycles. The zero-order chi connectivity index (χ0) is 16.6. The molecule has 0 bridgehead atoms. The van der Waals surface area contributed by atoms with Crippen molar-refractivity contribution in [1.29, 1.82) is 0 Å². The van der Waals surface area contributed by atoms with E-state index in [1.807, 2.05) is 13.2 Å². The van der Waals surface area contributed by atoms with E-state index in [1.54, 1.807) is 7.11 Å². The Morgan fingerprint density at radius 1 is 1.17 bits per heavy atom. The van der Waals surface area contributed by atoms with Crippen LogP contribution in [0.2, 0.25) is 0 Å². The second kappa shape index (κ2) is 6.49. The summed E-state index contributed by atoms with van der Waals surface area (Å²) in [6.07, 6.45) is 2.55. The van der Waals surface area contributed by atoms with Crippen LogP contribution in [0.25, 0.3) is 0 Å². The zero-order valence-corrected chi connectivity index (χ0v) is 14.4. The summed E-state index contributed by atoms with van der Waals surface area (Å²) >= 11 is 0. The van der Waals surface area contributed by atoms with Gasteiger partial charge in [0.25, 0.3) is 0 Å². The molecule has 2 N–H and O–H groups in total. The molecule has 0 radical (unpaired) electrons. The highest BCUT2D eigenvalue weighted by Gasteiger charge is 2.43. The maximum Gasteiger partial charge on any atom is 0.225 e. The minimum atomic E-state index is 0.259. The van der Waals surface area contributed by atoms with Crippen molar-refractivity contribution in [2.75, 3.05) is 52.0 Å². The predicted molar refractivity (Wildman–Crippen MR) is 89.7 cm³/mol. The monoisotopic (exact) mass is 321 g/mol. The van der Waals surface area contributed by atoms with Crippen molar-refractivity contribution < 1.29 is 9.47 Å². The smallest absolute Gasteiger partial charge is 0.225 e. The first-order chi connectivity index (χ1) is 11.0. The summed E-state index contributed by atoms with van der Waals surface area (Å²) in [5, 5.41) is 0. The van der Waals surface area contributed by atoms with Crippen LogP contribution in [0.1, 0.15) is 12.8 Å². The maximum atomic E-state index is 5.80. The highest BCUT2D eigenvalue weighted by molar-refractivity contribution is 5.46. The molecule has 2 fully saturated rings. The van der Waals surface area contributed by atoms with Gasteiger partial charge in [0.05, 0.1) is 13.2 Å². The van der Waals surface area contributed by atoms with E-state index < -0.39 is 0 Å². The summed E-state index contributed by atoms with van der Waals surface area (Å²) in [4.78, 5) is 13.0. The summed E-state index contributed by atoms with van der Waals surface area (Å²) in [5.74, 6) is 2.94. The van der Waals surface area contributed by atoms with E-state index in [4.69, 9.17) is 15.2 Å². The lowest BCUT2D eigenvalue weighted by Crippen LogP contribution is -2.47. The van der Waals surface area contributed by atoms with E-state index in [2.05, 4.69) is 33.9 Å². The van der Waals surface area contributed by atoms with E-state index in [0.29, 0.717) is 29.9 Å². The molecule has 23 heavy (non-hydrogen) atoms. The lowest BCUT2D eigenvalue weighted by Gasteiger charge is -2.40. The van der Waals surface area contributed by atoms with Gasteiger partial charge >= 0.3 is 0 Å². The second-order valence-electron chi connectivity index (χ2n) is 6.83. The highest BCUT2D eigenvalue weighted by atomic mass is 16.5. The first-order valence-corrected chi connectivity index (χ1v) is 8.14. The number of hydrogen-bond donors (Lipinski definition) is 1. The first-order valence-electron chi connectivity index (χ1n) is 8.14. The molecule has 0 spiro atoms. The number of methoxy groups -OCH3 is 2. The molecule has 0 unspecified atom stereocenters. The molecule has 3 rings (SSSR count). The van der Waals surface area contributed by atoms with Gasteiger partial charge in [-0.15, -0.1) is 0 Å². The molecule has 1 aromatic heterocycles. The number of nitrogen functional groups attached to an aromatic ring is 1. The molecular weight excluding hydrogens is 294 g/mol. The topological polar surface area (TPSA) is 76.7 Å². The summed E-state index contributed by atoms with van der Waals surface area (Å²) in [7, 11) is 7.70. The summed E-state index contributed by atoms with van der Waals surface area (Å²) in [6, 6.07) is 2.34. The third kappa shape index (κ3) is 3.21.